The Kier molecular flexibility index (Phi) is 3.87. The summed E-state index contributed by atoms with van der Waals surface area (Å²) in [7, 11) is 0. The first kappa shape index (κ1) is 14.3. The molecule has 0 bridgehead atoms. The van der Waals surface area contributed by atoms with Crippen LogP contribution in [-0.4, -0.2) is 5.16 Å². The molecule has 2 aromatic carbocycles. The summed E-state index contributed by atoms with van der Waals surface area (Å²) in [6.07, 6.45) is 0. The van der Waals surface area contributed by atoms with Gasteiger partial charge in [0.25, 0.3) is 0 Å². The first-order chi connectivity index (χ1) is 10.6. The molecule has 0 aliphatic carbocycles. The van der Waals surface area contributed by atoms with Gasteiger partial charge in [-0.05, 0) is 19.1 Å². The molecule has 22 heavy (non-hydrogen) atoms. The lowest BCUT2D eigenvalue weighted by molar-refractivity contribution is 0.240. The Bertz CT molecular complexity index is 782. The topological polar surface area (TPSA) is 35.3 Å². The quantitative estimate of drug-likeness (QED) is 0.711. The molecule has 0 amide bonds. The number of ether oxygens (including phenoxy) is 1. The molecule has 0 N–H and O–H groups in total. The summed E-state index contributed by atoms with van der Waals surface area (Å²) in [6, 6.07) is 12.7. The number of hydrogen-bond donors (Lipinski definition) is 0. The van der Waals surface area contributed by atoms with Crippen LogP contribution >= 0.6 is 0 Å². The fourth-order valence-corrected chi connectivity index (χ4v) is 1.98. The van der Waals surface area contributed by atoms with Gasteiger partial charge in [0.1, 0.15) is 18.1 Å². The van der Waals surface area contributed by atoms with E-state index in [-0.39, 0.29) is 12.4 Å². The highest BCUT2D eigenvalue weighted by atomic mass is 19.1. The lowest BCUT2D eigenvalue weighted by Crippen LogP contribution is -1.96. The third-order valence-electron chi connectivity index (χ3n) is 3.17. The predicted molar refractivity (Wildman–Crippen MR) is 77.4 cm³/mol. The zero-order chi connectivity index (χ0) is 15.5. The summed E-state index contributed by atoms with van der Waals surface area (Å²) in [5, 5.41) is 3.96. The van der Waals surface area contributed by atoms with E-state index in [1.807, 2.05) is 31.2 Å². The molecule has 112 valence electrons. The highest BCUT2D eigenvalue weighted by Crippen LogP contribution is 2.22. The monoisotopic (exact) mass is 301 g/mol. The van der Waals surface area contributed by atoms with Gasteiger partial charge in [0.15, 0.2) is 17.3 Å². The van der Waals surface area contributed by atoms with E-state index >= 15 is 0 Å². The minimum atomic E-state index is -0.752. The minimum Gasteiger partial charge on any atom is -0.482 e. The summed E-state index contributed by atoms with van der Waals surface area (Å²) < 4.78 is 36.7. The number of aryl methyl sites for hydroxylation is 1. The minimum absolute atomic E-state index is 0.0153. The van der Waals surface area contributed by atoms with E-state index in [1.165, 1.54) is 6.07 Å². The number of rotatable bonds is 4. The van der Waals surface area contributed by atoms with Gasteiger partial charge in [0.05, 0.1) is 0 Å². The maximum atomic E-state index is 13.4. The second-order valence-electron chi connectivity index (χ2n) is 4.91. The Morgan fingerprint density at radius 2 is 1.82 bits per heavy atom. The van der Waals surface area contributed by atoms with Crippen molar-refractivity contribution >= 4 is 0 Å². The number of hydrogen-bond acceptors (Lipinski definition) is 3. The molecule has 1 aromatic heterocycles. The average molecular weight is 301 g/mol. The summed E-state index contributed by atoms with van der Waals surface area (Å²) in [6.45, 7) is 2.02. The first-order valence-corrected chi connectivity index (χ1v) is 6.72. The molecule has 0 saturated carbocycles. The van der Waals surface area contributed by atoms with Crippen LogP contribution in [0.4, 0.5) is 8.78 Å². The van der Waals surface area contributed by atoms with Crippen molar-refractivity contribution in [2.75, 3.05) is 0 Å². The molecular formula is C17H13F2NO2. The van der Waals surface area contributed by atoms with Gasteiger partial charge in [-0.15, -0.1) is 0 Å². The Balaban J connectivity index is 1.70. The predicted octanol–water partition coefficient (Wildman–Crippen LogP) is 4.51. The molecule has 0 aliphatic rings. The molecule has 0 spiro atoms. The highest BCUT2D eigenvalue weighted by Gasteiger charge is 2.09. The molecule has 1 heterocycles. The molecule has 3 nitrogen and oxygen atoms in total. The molecule has 5 heteroatoms. The van der Waals surface area contributed by atoms with Crippen LogP contribution in [-0.2, 0) is 6.61 Å². The van der Waals surface area contributed by atoms with Crippen LogP contribution in [0.2, 0.25) is 0 Å². The zero-order valence-corrected chi connectivity index (χ0v) is 11.8. The molecule has 0 unspecified atom stereocenters. The Morgan fingerprint density at radius 1 is 1.05 bits per heavy atom. The number of benzene rings is 2. The Morgan fingerprint density at radius 3 is 2.55 bits per heavy atom. The summed E-state index contributed by atoms with van der Waals surface area (Å²) in [5.41, 5.74) is 2.76. The van der Waals surface area contributed by atoms with E-state index in [0.717, 1.165) is 23.3 Å². The van der Waals surface area contributed by atoms with Gasteiger partial charge in [-0.25, -0.2) is 8.78 Å². The van der Waals surface area contributed by atoms with Crippen molar-refractivity contribution < 1.29 is 18.0 Å². The van der Waals surface area contributed by atoms with E-state index in [1.54, 1.807) is 6.07 Å². The molecule has 0 aliphatic heterocycles. The van der Waals surface area contributed by atoms with Crippen LogP contribution in [0.1, 0.15) is 11.3 Å². The molecule has 0 radical (unpaired) electrons. The van der Waals surface area contributed by atoms with Gasteiger partial charge in [-0.1, -0.05) is 35.0 Å². The van der Waals surface area contributed by atoms with E-state index < -0.39 is 11.6 Å². The largest absolute Gasteiger partial charge is 0.482 e. The Hall–Kier alpha value is -2.69. The van der Waals surface area contributed by atoms with Crippen LogP contribution in [0.15, 0.2) is 53.1 Å². The lowest BCUT2D eigenvalue weighted by Gasteiger charge is -2.04. The fourth-order valence-electron chi connectivity index (χ4n) is 1.98. The van der Waals surface area contributed by atoms with Gasteiger partial charge in [0, 0.05) is 17.7 Å². The molecule has 0 fully saturated rings. The van der Waals surface area contributed by atoms with Gasteiger partial charge >= 0.3 is 0 Å². The lowest BCUT2D eigenvalue weighted by atomic mass is 10.1. The second kappa shape index (κ2) is 5.97. The van der Waals surface area contributed by atoms with E-state index in [0.29, 0.717) is 11.5 Å². The van der Waals surface area contributed by atoms with E-state index in [2.05, 4.69) is 5.16 Å². The average Bonchev–Trinajstić information content (AvgIpc) is 2.96. The first-order valence-electron chi connectivity index (χ1n) is 6.72. The van der Waals surface area contributed by atoms with Crippen LogP contribution in [0, 0.1) is 18.6 Å². The van der Waals surface area contributed by atoms with Gasteiger partial charge in [-0.3, -0.25) is 0 Å². The maximum Gasteiger partial charge on any atom is 0.174 e. The maximum absolute atomic E-state index is 13.4. The molecule has 0 saturated heterocycles. The van der Waals surface area contributed by atoms with Crippen molar-refractivity contribution in [3.63, 3.8) is 0 Å². The van der Waals surface area contributed by atoms with E-state index in [9.17, 15) is 8.78 Å². The van der Waals surface area contributed by atoms with Gasteiger partial charge in [0.2, 0.25) is 0 Å². The number of halogens is 2. The molecule has 3 rings (SSSR count). The summed E-state index contributed by atoms with van der Waals surface area (Å²) in [5.74, 6) is -0.974. The normalized spacial score (nSPS) is 10.7. The van der Waals surface area contributed by atoms with Crippen molar-refractivity contribution in [1.82, 2.24) is 5.16 Å². The van der Waals surface area contributed by atoms with Crippen molar-refractivity contribution in [3.05, 3.63) is 71.5 Å². The summed E-state index contributed by atoms with van der Waals surface area (Å²) in [4.78, 5) is 0. The van der Waals surface area contributed by atoms with Gasteiger partial charge < -0.3 is 9.26 Å². The number of nitrogens with zero attached hydrogens (tertiary/aromatic N) is 1. The molecule has 0 atom stereocenters. The second-order valence-corrected chi connectivity index (χ2v) is 4.91. The standard InChI is InChI=1S/C17H13F2NO2/c1-11-2-4-12(5-3-11)16-9-14(22-20-16)10-21-17-7-6-13(18)8-15(17)19/h2-9H,10H2,1H3. The van der Waals surface area contributed by atoms with Crippen LogP contribution in [0.3, 0.4) is 0 Å². The smallest absolute Gasteiger partial charge is 0.174 e. The Labute approximate surface area is 126 Å². The third-order valence-corrected chi connectivity index (χ3v) is 3.17. The molecule has 3 aromatic rings. The SMILES string of the molecule is Cc1ccc(-c2cc(COc3ccc(F)cc3F)on2)cc1. The number of aromatic nitrogens is 1. The molecular weight excluding hydrogens is 288 g/mol. The van der Waals surface area contributed by atoms with Crippen LogP contribution < -0.4 is 4.74 Å². The van der Waals surface area contributed by atoms with Crippen LogP contribution in [0.5, 0.6) is 5.75 Å². The highest BCUT2D eigenvalue weighted by molar-refractivity contribution is 5.59. The summed E-state index contributed by atoms with van der Waals surface area (Å²) >= 11 is 0. The zero-order valence-electron chi connectivity index (χ0n) is 11.8. The van der Waals surface area contributed by atoms with Crippen molar-refractivity contribution in [2.45, 2.75) is 13.5 Å². The van der Waals surface area contributed by atoms with Gasteiger partial charge in [-0.2, -0.15) is 0 Å². The third kappa shape index (κ3) is 3.14. The van der Waals surface area contributed by atoms with E-state index in [4.69, 9.17) is 9.26 Å². The van der Waals surface area contributed by atoms with Crippen LogP contribution in [0.25, 0.3) is 11.3 Å². The fraction of sp³-hybridized carbons (Fsp3) is 0.118. The van der Waals surface area contributed by atoms with Crippen molar-refractivity contribution in [2.24, 2.45) is 0 Å². The van der Waals surface area contributed by atoms with Crippen molar-refractivity contribution in [3.8, 4) is 17.0 Å². The van der Waals surface area contributed by atoms with Crippen molar-refractivity contribution in [1.29, 1.82) is 0 Å².